The molecular formula is C27H28F3N5O2. The van der Waals surface area contributed by atoms with E-state index in [0.29, 0.717) is 60.5 Å². The number of aromatic nitrogens is 3. The molecule has 0 saturated heterocycles. The quantitative estimate of drug-likeness (QED) is 0.489. The number of nitriles is 1. The summed E-state index contributed by atoms with van der Waals surface area (Å²) in [5.74, 6) is -3.71. The van der Waals surface area contributed by atoms with Crippen molar-refractivity contribution in [1.82, 2.24) is 14.5 Å². The smallest absolute Gasteiger partial charge is 0.298 e. The number of anilines is 1. The molecule has 1 aromatic carbocycles. The minimum Gasteiger partial charge on any atom is -0.375 e. The number of alkyl halides is 2. The molecular weight excluding hydrogens is 483 g/mol. The average molecular weight is 512 g/mol. The number of fused-ring (bicyclic) bond motifs is 2. The molecule has 0 unspecified atom stereocenters. The number of ether oxygens (including phenoxy) is 1. The Morgan fingerprint density at radius 1 is 1.14 bits per heavy atom. The SMILES string of the molecule is Cc1nc2c3cc(C4(C#N)CC4)c(=O)n(c3n1)CCCCCCOCC(F)(F)c1cccc(c1F)CN2. The monoisotopic (exact) mass is 511 g/mol. The molecule has 0 spiro atoms. The van der Waals surface area contributed by atoms with Crippen molar-refractivity contribution in [2.24, 2.45) is 0 Å². The maximum atomic E-state index is 15.2. The van der Waals surface area contributed by atoms with Crippen molar-refractivity contribution >= 4 is 16.9 Å². The van der Waals surface area contributed by atoms with Crippen molar-refractivity contribution in [2.45, 2.75) is 69.9 Å². The Hall–Kier alpha value is -3.45. The zero-order valence-electron chi connectivity index (χ0n) is 20.6. The Kier molecular flexibility index (Phi) is 6.67. The van der Waals surface area contributed by atoms with Crippen LogP contribution < -0.4 is 10.9 Å². The van der Waals surface area contributed by atoms with Gasteiger partial charge in [-0.25, -0.2) is 14.4 Å². The Balaban J connectivity index is 1.64. The van der Waals surface area contributed by atoms with Gasteiger partial charge in [0, 0.05) is 30.8 Å². The zero-order valence-corrected chi connectivity index (χ0v) is 20.6. The summed E-state index contributed by atoms with van der Waals surface area (Å²) >= 11 is 0. The van der Waals surface area contributed by atoms with Crippen LogP contribution in [-0.2, 0) is 29.2 Å². The molecule has 1 aliphatic carbocycles. The lowest BCUT2D eigenvalue weighted by Gasteiger charge is -2.20. The van der Waals surface area contributed by atoms with Gasteiger partial charge >= 0.3 is 0 Å². The number of halogens is 3. The summed E-state index contributed by atoms with van der Waals surface area (Å²) in [4.78, 5) is 22.6. The molecule has 2 aromatic heterocycles. The molecule has 194 valence electrons. The summed E-state index contributed by atoms with van der Waals surface area (Å²) < 4.78 is 51.6. The fourth-order valence-corrected chi connectivity index (χ4v) is 4.89. The third-order valence-corrected chi connectivity index (χ3v) is 7.16. The molecule has 1 saturated carbocycles. The van der Waals surface area contributed by atoms with E-state index >= 15 is 4.39 Å². The first-order valence-electron chi connectivity index (χ1n) is 12.6. The molecule has 37 heavy (non-hydrogen) atoms. The lowest BCUT2D eigenvalue weighted by Crippen LogP contribution is -2.29. The zero-order chi connectivity index (χ0) is 26.2. The number of hydrogen-bond donors (Lipinski definition) is 1. The second kappa shape index (κ2) is 9.78. The maximum absolute atomic E-state index is 15.2. The molecule has 3 heterocycles. The molecule has 1 fully saturated rings. The molecule has 10 heteroatoms. The topological polar surface area (TPSA) is 92.8 Å². The highest BCUT2D eigenvalue weighted by Gasteiger charge is 2.47. The molecule has 7 nitrogen and oxygen atoms in total. The van der Waals surface area contributed by atoms with Gasteiger partial charge in [0.2, 0.25) is 0 Å². The number of hydrogen-bond acceptors (Lipinski definition) is 6. The van der Waals surface area contributed by atoms with E-state index in [4.69, 9.17) is 4.74 Å². The summed E-state index contributed by atoms with van der Waals surface area (Å²) in [6, 6.07) is 7.88. The Labute approximate surface area is 212 Å². The summed E-state index contributed by atoms with van der Waals surface area (Å²) in [6.45, 7) is 1.22. The van der Waals surface area contributed by atoms with Gasteiger partial charge in [-0.3, -0.25) is 9.36 Å². The minimum atomic E-state index is -3.47. The third-order valence-electron chi connectivity index (χ3n) is 7.16. The molecule has 5 rings (SSSR count). The van der Waals surface area contributed by atoms with Crippen molar-refractivity contribution in [2.75, 3.05) is 18.5 Å². The Bertz CT molecular complexity index is 1440. The summed E-state index contributed by atoms with van der Waals surface area (Å²) in [6.07, 6.45) is 3.94. The number of aryl methyl sites for hydroxylation is 2. The van der Waals surface area contributed by atoms with Gasteiger partial charge in [-0.15, -0.1) is 0 Å². The summed E-state index contributed by atoms with van der Waals surface area (Å²) in [7, 11) is 0. The molecule has 0 radical (unpaired) electrons. The first-order chi connectivity index (χ1) is 17.8. The Morgan fingerprint density at radius 3 is 2.68 bits per heavy atom. The van der Waals surface area contributed by atoms with Crippen LogP contribution in [0.1, 0.15) is 61.0 Å². The fraction of sp³-hybridized carbons (Fsp3) is 0.481. The van der Waals surface area contributed by atoms with E-state index in [1.807, 2.05) is 0 Å². The number of pyridine rings is 1. The first-order valence-corrected chi connectivity index (χ1v) is 12.6. The van der Waals surface area contributed by atoms with Crippen LogP contribution in [0, 0.1) is 24.1 Å². The van der Waals surface area contributed by atoms with Crippen molar-refractivity contribution in [3.63, 3.8) is 0 Å². The van der Waals surface area contributed by atoms with Crippen molar-refractivity contribution in [1.29, 1.82) is 5.26 Å². The van der Waals surface area contributed by atoms with E-state index in [9.17, 15) is 18.8 Å². The highest BCUT2D eigenvalue weighted by molar-refractivity contribution is 5.87. The van der Waals surface area contributed by atoms with Gasteiger partial charge in [0.05, 0.1) is 22.4 Å². The van der Waals surface area contributed by atoms with Crippen LogP contribution in [0.5, 0.6) is 0 Å². The van der Waals surface area contributed by atoms with Gasteiger partial charge in [-0.05, 0) is 44.7 Å². The molecule has 2 aliphatic rings. The third kappa shape index (κ3) is 4.80. The predicted molar refractivity (Wildman–Crippen MR) is 132 cm³/mol. The van der Waals surface area contributed by atoms with Gasteiger partial charge in [-0.2, -0.15) is 14.0 Å². The highest BCUT2D eigenvalue weighted by Crippen LogP contribution is 2.47. The van der Waals surface area contributed by atoms with Crippen molar-refractivity contribution < 1.29 is 17.9 Å². The van der Waals surface area contributed by atoms with Crippen molar-refractivity contribution in [3.05, 3.63) is 63.0 Å². The normalized spacial score (nSPS) is 19.4. The average Bonchev–Trinajstić information content (AvgIpc) is 3.66. The lowest BCUT2D eigenvalue weighted by atomic mass is 9.98. The van der Waals surface area contributed by atoms with Gasteiger partial charge < -0.3 is 10.1 Å². The van der Waals surface area contributed by atoms with Gasteiger partial charge in [0.1, 0.15) is 29.7 Å². The van der Waals surface area contributed by atoms with Gasteiger partial charge in [0.15, 0.2) is 0 Å². The number of rotatable bonds is 1. The molecule has 1 aliphatic heterocycles. The summed E-state index contributed by atoms with van der Waals surface area (Å²) in [5.41, 5.74) is -0.870. The van der Waals surface area contributed by atoms with E-state index in [2.05, 4.69) is 21.4 Å². The molecule has 0 amide bonds. The summed E-state index contributed by atoms with van der Waals surface area (Å²) in [5, 5.41) is 13.4. The second-order valence-electron chi connectivity index (χ2n) is 9.87. The second-order valence-corrected chi connectivity index (χ2v) is 9.87. The van der Waals surface area contributed by atoms with Gasteiger partial charge in [-0.1, -0.05) is 25.0 Å². The van der Waals surface area contributed by atoms with Crippen LogP contribution in [-0.4, -0.2) is 27.7 Å². The molecule has 6 bridgehead atoms. The van der Waals surface area contributed by atoms with Crippen LogP contribution in [0.2, 0.25) is 0 Å². The molecule has 3 aromatic rings. The van der Waals surface area contributed by atoms with E-state index in [1.165, 1.54) is 12.1 Å². The minimum absolute atomic E-state index is 0.0481. The molecule has 0 atom stereocenters. The Morgan fingerprint density at radius 2 is 1.92 bits per heavy atom. The number of nitrogens with one attached hydrogen (secondary N) is 1. The highest BCUT2D eigenvalue weighted by atomic mass is 19.3. The van der Waals surface area contributed by atoms with E-state index < -0.39 is 29.3 Å². The fourth-order valence-electron chi connectivity index (χ4n) is 4.89. The van der Waals surface area contributed by atoms with E-state index in [1.54, 1.807) is 17.6 Å². The van der Waals surface area contributed by atoms with Crippen LogP contribution >= 0.6 is 0 Å². The van der Waals surface area contributed by atoms with Crippen LogP contribution in [0.25, 0.3) is 11.0 Å². The van der Waals surface area contributed by atoms with Crippen LogP contribution in [0.3, 0.4) is 0 Å². The maximum Gasteiger partial charge on any atom is 0.298 e. The number of benzene rings is 1. The van der Waals surface area contributed by atoms with Crippen LogP contribution in [0.4, 0.5) is 19.0 Å². The number of nitrogens with zero attached hydrogens (tertiary/aromatic N) is 4. The van der Waals surface area contributed by atoms with Crippen molar-refractivity contribution in [3.8, 4) is 6.07 Å². The van der Waals surface area contributed by atoms with Crippen LogP contribution in [0.15, 0.2) is 29.1 Å². The van der Waals surface area contributed by atoms with E-state index in [0.717, 1.165) is 18.9 Å². The van der Waals surface area contributed by atoms with Gasteiger partial charge in [0.25, 0.3) is 11.5 Å². The largest absolute Gasteiger partial charge is 0.375 e. The standard InChI is InChI=1S/C27H28F3N5O2/c1-17-33-23-19-13-21(26(15-31)9-10-26)25(36)35(24(19)34-17)11-4-2-3-5-12-37-16-27(29,30)20-8-6-7-18(14-32-23)22(20)28/h6-8,13H,2-5,9-12,14,16H2,1H3,(H,32,33,34). The lowest BCUT2D eigenvalue weighted by molar-refractivity contribution is -0.0853. The molecule has 1 N–H and O–H groups in total. The first kappa shape index (κ1) is 25.2. The van der Waals surface area contributed by atoms with E-state index in [-0.39, 0.29) is 24.3 Å². The predicted octanol–water partition coefficient (Wildman–Crippen LogP) is 5.09.